The van der Waals surface area contributed by atoms with Crippen molar-refractivity contribution in [3.63, 3.8) is 0 Å². The number of ether oxygens (including phenoxy) is 4. The fourth-order valence-electron chi connectivity index (χ4n) is 9.82. The van der Waals surface area contributed by atoms with Gasteiger partial charge in [-0.3, -0.25) is 19.5 Å². The number of piperidine rings is 1. The van der Waals surface area contributed by atoms with Crippen LogP contribution in [0.1, 0.15) is 137 Å². The van der Waals surface area contributed by atoms with Crippen molar-refractivity contribution >= 4 is 34.8 Å². The Labute approximate surface area is 364 Å². The van der Waals surface area contributed by atoms with E-state index in [-0.39, 0.29) is 42.1 Å². The molecule has 0 spiro atoms. The largest absolute Gasteiger partial charge is 0.466 e. The van der Waals surface area contributed by atoms with E-state index in [0.29, 0.717) is 87.3 Å². The summed E-state index contributed by atoms with van der Waals surface area (Å²) in [6.07, 6.45) is 7.45. The van der Waals surface area contributed by atoms with Crippen molar-refractivity contribution < 1.29 is 42.1 Å². The first-order chi connectivity index (χ1) is 29.3. The molecule has 7 rings (SSSR count). The zero-order valence-electron chi connectivity index (χ0n) is 37.8. The Morgan fingerprint density at radius 3 is 2.55 bits per heavy atom. The van der Waals surface area contributed by atoms with Crippen molar-refractivity contribution in [2.45, 2.75) is 155 Å². The molecule has 3 fully saturated rings. The van der Waals surface area contributed by atoms with Crippen LogP contribution in [0.15, 0.2) is 18.3 Å². The lowest BCUT2D eigenvalue weighted by molar-refractivity contribution is -0.144. The number of carbonyl (C=O) groups excluding carboxylic acids is 3. The number of aromatic nitrogens is 3. The molecule has 1 aromatic carbocycles. The lowest BCUT2D eigenvalue weighted by atomic mass is 9.77. The van der Waals surface area contributed by atoms with Crippen LogP contribution in [0.25, 0.3) is 22.2 Å². The third-order valence-corrected chi connectivity index (χ3v) is 12.6. The van der Waals surface area contributed by atoms with E-state index >= 15 is 4.39 Å². The quantitative estimate of drug-likeness (QED) is 0.137. The normalized spacial score (nSPS) is 24.1. The van der Waals surface area contributed by atoms with Crippen molar-refractivity contribution in [1.29, 1.82) is 0 Å². The molecule has 15 heteroatoms. The number of alkyl carbamates (subject to hydrolysis) is 1. The molecule has 4 aliphatic rings. The smallest absolute Gasteiger partial charge is 0.408 e. The molecule has 2 aromatic heterocycles. The van der Waals surface area contributed by atoms with Gasteiger partial charge in [-0.15, -0.1) is 0 Å². The first-order valence-corrected chi connectivity index (χ1v) is 22.5. The van der Waals surface area contributed by atoms with Crippen LogP contribution in [0.4, 0.5) is 19.4 Å². The number of carbonyl (C=O) groups is 3. The number of anilines is 1. The number of benzene rings is 1. The first kappa shape index (κ1) is 45.4. The topological polar surface area (TPSA) is 145 Å². The van der Waals surface area contributed by atoms with Gasteiger partial charge >= 0.3 is 24.0 Å². The number of hydrogen-bond donors (Lipinski definition) is 1. The summed E-state index contributed by atoms with van der Waals surface area (Å²) in [6.45, 7) is 17.0. The number of rotatable bonds is 12. The second-order valence-electron chi connectivity index (χ2n) is 20.1. The van der Waals surface area contributed by atoms with Gasteiger partial charge in [0.2, 0.25) is 0 Å². The van der Waals surface area contributed by atoms with E-state index in [1.54, 1.807) is 40.0 Å². The van der Waals surface area contributed by atoms with Crippen LogP contribution in [-0.4, -0.2) is 100 Å². The monoisotopic (exact) mass is 862 g/mol. The zero-order chi connectivity index (χ0) is 44.6. The highest BCUT2D eigenvalue weighted by Gasteiger charge is 2.49. The van der Waals surface area contributed by atoms with Gasteiger partial charge in [0.15, 0.2) is 5.82 Å². The standard InChI is InChI=1S/C47H64F2N6O7/c1-9-59-35(56)17-11-15-29-14-10-16-30-22-32(61-41(57)44(2,3)4)23-33(36(29)30)38-37(49)39-34(25-50-38)40(54-20-12-18-46(8,27-54)53-43(58)62-45(5,6)7)52-42(51-39)60-28-47-19-13-21-55(47)26-31(48)24-47/h22-23,25,29,31H,9-21,24,26-28H2,1-8H3,(H,53,58)/t29?,31-,46-,47+/m1/s1. The van der Waals surface area contributed by atoms with Crippen LogP contribution >= 0.6 is 0 Å². The van der Waals surface area contributed by atoms with Crippen LogP contribution in [0.5, 0.6) is 11.8 Å². The maximum absolute atomic E-state index is 17.8. The molecule has 3 saturated heterocycles. The summed E-state index contributed by atoms with van der Waals surface area (Å²) >= 11 is 0. The Morgan fingerprint density at radius 2 is 1.81 bits per heavy atom. The third-order valence-electron chi connectivity index (χ3n) is 12.6. The van der Waals surface area contributed by atoms with Gasteiger partial charge in [-0.1, -0.05) is 0 Å². The Bertz CT molecular complexity index is 2170. The van der Waals surface area contributed by atoms with E-state index < -0.39 is 46.1 Å². The summed E-state index contributed by atoms with van der Waals surface area (Å²) in [7, 11) is 0. The van der Waals surface area contributed by atoms with Gasteiger partial charge in [0, 0.05) is 44.2 Å². The fraction of sp³-hybridized carbons (Fsp3) is 0.660. The van der Waals surface area contributed by atoms with Gasteiger partial charge in [-0.25, -0.2) is 13.6 Å². The van der Waals surface area contributed by atoms with Crippen LogP contribution in [0.3, 0.4) is 0 Å². The maximum atomic E-state index is 17.8. The number of halogens is 2. The third kappa shape index (κ3) is 10.1. The predicted molar refractivity (Wildman–Crippen MR) is 232 cm³/mol. The Morgan fingerprint density at radius 1 is 1.03 bits per heavy atom. The van der Waals surface area contributed by atoms with Crippen molar-refractivity contribution in [2.75, 3.05) is 44.3 Å². The lowest BCUT2D eigenvalue weighted by Crippen LogP contribution is -2.57. The first-order valence-electron chi connectivity index (χ1n) is 22.5. The van der Waals surface area contributed by atoms with Crippen molar-refractivity contribution in [2.24, 2.45) is 5.41 Å². The number of hydrogen-bond acceptors (Lipinski definition) is 12. The van der Waals surface area contributed by atoms with E-state index in [1.165, 1.54) is 0 Å². The number of amides is 1. The summed E-state index contributed by atoms with van der Waals surface area (Å²) in [4.78, 5) is 57.1. The number of nitrogens with one attached hydrogen (secondary N) is 1. The second kappa shape index (κ2) is 17.8. The number of alkyl halides is 1. The van der Waals surface area contributed by atoms with Gasteiger partial charge in [0.25, 0.3) is 0 Å². The van der Waals surface area contributed by atoms with Crippen LogP contribution < -0.4 is 19.7 Å². The molecule has 62 heavy (non-hydrogen) atoms. The summed E-state index contributed by atoms with van der Waals surface area (Å²) in [5.41, 5.74) is -0.282. The molecule has 0 bridgehead atoms. The molecular formula is C47H64F2N6O7. The number of esters is 2. The highest BCUT2D eigenvalue weighted by Crippen LogP contribution is 2.46. The minimum Gasteiger partial charge on any atom is -0.466 e. The van der Waals surface area contributed by atoms with Gasteiger partial charge < -0.3 is 29.2 Å². The van der Waals surface area contributed by atoms with E-state index in [0.717, 1.165) is 43.4 Å². The Kier molecular flexibility index (Phi) is 13.1. The molecule has 0 saturated carbocycles. The minimum atomic E-state index is -0.958. The van der Waals surface area contributed by atoms with Gasteiger partial charge in [0.1, 0.15) is 41.2 Å². The molecule has 4 atom stereocenters. The van der Waals surface area contributed by atoms with E-state index in [1.807, 2.05) is 38.7 Å². The molecular weight excluding hydrogens is 799 g/mol. The number of pyridine rings is 1. The molecule has 1 unspecified atom stereocenters. The number of fused-ring (bicyclic) bond motifs is 3. The summed E-state index contributed by atoms with van der Waals surface area (Å²) < 4.78 is 55.7. The van der Waals surface area contributed by atoms with E-state index in [9.17, 15) is 18.8 Å². The molecule has 5 heterocycles. The minimum absolute atomic E-state index is 0.00143. The second-order valence-corrected chi connectivity index (χ2v) is 20.1. The highest BCUT2D eigenvalue weighted by molar-refractivity contribution is 5.92. The Balaban J connectivity index is 1.32. The van der Waals surface area contributed by atoms with Crippen molar-refractivity contribution in [1.82, 2.24) is 25.2 Å². The van der Waals surface area contributed by atoms with E-state index in [4.69, 9.17) is 33.9 Å². The van der Waals surface area contributed by atoms with Gasteiger partial charge in [-0.05, 0) is 149 Å². The molecule has 338 valence electrons. The molecule has 13 nitrogen and oxygen atoms in total. The van der Waals surface area contributed by atoms with Gasteiger partial charge in [-0.2, -0.15) is 9.97 Å². The SMILES string of the molecule is CCOC(=O)CCCC1CCCc2cc(OC(=O)C(C)(C)C)cc(-c3ncc4c(N5CCC[C@@](C)(NC(=O)OC(C)(C)C)C5)nc(OC[C@@]56CCCN5C[C@H](F)C6)nc4c3F)c21. The number of aryl methyl sites for hydroxylation is 1. The number of nitrogens with zero attached hydrogens (tertiary/aromatic N) is 5. The molecule has 1 aliphatic carbocycles. The van der Waals surface area contributed by atoms with Crippen molar-refractivity contribution in [3.8, 4) is 23.0 Å². The molecule has 3 aromatic rings. The lowest BCUT2D eigenvalue weighted by Gasteiger charge is -2.42. The summed E-state index contributed by atoms with van der Waals surface area (Å²) in [5, 5.41) is 3.43. The van der Waals surface area contributed by atoms with Crippen LogP contribution in [0, 0.1) is 11.2 Å². The maximum Gasteiger partial charge on any atom is 0.408 e. The average Bonchev–Trinajstić information content (AvgIpc) is 3.71. The van der Waals surface area contributed by atoms with Crippen molar-refractivity contribution in [3.05, 3.63) is 35.3 Å². The van der Waals surface area contributed by atoms with Crippen LogP contribution in [0.2, 0.25) is 0 Å². The molecule has 1 amide bonds. The van der Waals surface area contributed by atoms with Gasteiger partial charge in [0.05, 0.1) is 28.5 Å². The zero-order valence-corrected chi connectivity index (χ0v) is 37.8. The van der Waals surface area contributed by atoms with Crippen LogP contribution in [-0.2, 0) is 25.5 Å². The fourth-order valence-corrected chi connectivity index (χ4v) is 9.82. The highest BCUT2D eigenvalue weighted by atomic mass is 19.1. The molecule has 1 N–H and O–H groups in total. The summed E-state index contributed by atoms with van der Waals surface area (Å²) in [5.74, 6) is -0.681. The predicted octanol–water partition coefficient (Wildman–Crippen LogP) is 8.77. The van der Waals surface area contributed by atoms with E-state index in [2.05, 4.69) is 10.2 Å². The Hall–Kier alpha value is -4.66. The molecule has 0 radical (unpaired) electrons. The summed E-state index contributed by atoms with van der Waals surface area (Å²) in [6, 6.07) is 3.54. The average molecular weight is 863 g/mol. The molecule has 3 aliphatic heterocycles.